The fourth-order valence-corrected chi connectivity index (χ4v) is 1.34. The van der Waals surface area contributed by atoms with Crippen molar-refractivity contribution < 1.29 is 14.4 Å². The van der Waals surface area contributed by atoms with Crippen LogP contribution in [0.25, 0.3) is 0 Å². The summed E-state index contributed by atoms with van der Waals surface area (Å²) in [6, 6.07) is 0. The Morgan fingerprint density at radius 3 is 2.93 bits per heavy atom. The Kier molecular flexibility index (Phi) is 3.62. The summed E-state index contributed by atoms with van der Waals surface area (Å²) in [5.74, 6) is -0.448. The Labute approximate surface area is 82.4 Å². The number of carbonyl (C=O) groups is 3. The summed E-state index contributed by atoms with van der Waals surface area (Å²) in [5, 5.41) is 2.61. The van der Waals surface area contributed by atoms with Crippen molar-refractivity contribution >= 4 is 18.1 Å². The van der Waals surface area contributed by atoms with Gasteiger partial charge in [0.25, 0.3) is 0 Å². The molecule has 0 aromatic rings. The SMILES string of the molecule is CC(C=O)CN1CC(=O)NCCC1=O. The van der Waals surface area contributed by atoms with E-state index in [1.807, 2.05) is 0 Å². The highest BCUT2D eigenvalue weighted by Gasteiger charge is 2.21. The third-order valence-electron chi connectivity index (χ3n) is 2.09. The van der Waals surface area contributed by atoms with Gasteiger partial charge in [-0.15, -0.1) is 0 Å². The summed E-state index contributed by atoms with van der Waals surface area (Å²) >= 11 is 0. The van der Waals surface area contributed by atoms with Crippen LogP contribution in [0.1, 0.15) is 13.3 Å². The zero-order valence-electron chi connectivity index (χ0n) is 8.16. The molecule has 1 rings (SSSR count). The minimum absolute atomic E-state index is 0.0665. The Morgan fingerprint density at radius 2 is 2.29 bits per heavy atom. The van der Waals surface area contributed by atoms with E-state index in [1.54, 1.807) is 6.92 Å². The molecule has 78 valence electrons. The molecule has 0 aliphatic carbocycles. The third-order valence-corrected chi connectivity index (χ3v) is 2.09. The first-order valence-electron chi connectivity index (χ1n) is 4.63. The van der Waals surface area contributed by atoms with Crippen LogP contribution < -0.4 is 5.32 Å². The van der Waals surface area contributed by atoms with Crippen LogP contribution in [-0.2, 0) is 14.4 Å². The molecule has 1 fully saturated rings. The van der Waals surface area contributed by atoms with E-state index in [0.29, 0.717) is 19.5 Å². The quantitative estimate of drug-likeness (QED) is 0.602. The van der Waals surface area contributed by atoms with Gasteiger partial charge in [-0.3, -0.25) is 9.59 Å². The van der Waals surface area contributed by atoms with Crippen molar-refractivity contribution in [1.29, 1.82) is 0 Å². The van der Waals surface area contributed by atoms with E-state index in [-0.39, 0.29) is 24.3 Å². The topological polar surface area (TPSA) is 66.5 Å². The van der Waals surface area contributed by atoms with E-state index in [4.69, 9.17) is 0 Å². The van der Waals surface area contributed by atoms with Gasteiger partial charge in [0.2, 0.25) is 11.8 Å². The van der Waals surface area contributed by atoms with Crippen LogP contribution in [0.2, 0.25) is 0 Å². The van der Waals surface area contributed by atoms with Crippen LogP contribution >= 0.6 is 0 Å². The van der Waals surface area contributed by atoms with Gasteiger partial charge < -0.3 is 15.0 Å². The Morgan fingerprint density at radius 1 is 1.57 bits per heavy atom. The van der Waals surface area contributed by atoms with Gasteiger partial charge in [0, 0.05) is 25.4 Å². The van der Waals surface area contributed by atoms with Gasteiger partial charge in [0.15, 0.2) is 0 Å². The van der Waals surface area contributed by atoms with Crippen molar-refractivity contribution in [2.45, 2.75) is 13.3 Å². The Balaban J connectivity index is 2.58. The van der Waals surface area contributed by atoms with Crippen LogP contribution in [0, 0.1) is 5.92 Å². The van der Waals surface area contributed by atoms with E-state index >= 15 is 0 Å². The highest BCUT2D eigenvalue weighted by molar-refractivity contribution is 5.87. The number of aldehydes is 1. The van der Waals surface area contributed by atoms with E-state index < -0.39 is 0 Å². The fourth-order valence-electron chi connectivity index (χ4n) is 1.34. The molecule has 0 aromatic heterocycles. The Hall–Kier alpha value is -1.39. The van der Waals surface area contributed by atoms with Gasteiger partial charge >= 0.3 is 0 Å². The number of amides is 2. The molecule has 2 amide bonds. The van der Waals surface area contributed by atoms with Crippen LogP contribution in [0.3, 0.4) is 0 Å². The third kappa shape index (κ3) is 2.83. The van der Waals surface area contributed by atoms with E-state index in [1.165, 1.54) is 4.90 Å². The predicted octanol–water partition coefficient (Wildman–Crippen LogP) is -0.830. The number of rotatable bonds is 3. The summed E-state index contributed by atoms with van der Waals surface area (Å²) < 4.78 is 0. The molecule has 0 spiro atoms. The molecule has 1 unspecified atom stereocenters. The average Bonchev–Trinajstić information content (AvgIpc) is 2.29. The van der Waals surface area contributed by atoms with Gasteiger partial charge in [0.05, 0.1) is 6.54 Å². The van der Waals surface area contributed by atoms with Crippen molar-refractivity contribution in [3.63, 3.8) is 0 Å². The minimum Gasteiger partial charge on any atom is -0.354 e. The molecule has 1 saturated heterocycles. The maximum atomic E-state index is 11.4. The summed E-state index contributed by atoms with van der Waals surface area (Å²) in [6.07, 6.45) is 1.10. The number of hydrogen-bond donors (Lipinski definition) is 1. The molecule has 1 N–H and O–H groups in total. The zero-order chi connectivity index (χ0) is 10.6. The lowest BCUT2D eigenvalue weighted by atomic mass is 10.2. The second-order valence-corrected chi connectivity index (χ2v) is 3.49. The number of hydrogen-bond acceptors (Lipinski definition) is 3. The highest BCUT2D eigenvalue weighted by Crippen LogP contribution is 2.02. The first-order chi connectivity index (χ1) is 6.63. The first-order valence-corrected chi connectivity index (χ1v) is 4.63. The van der Waals surface area contributed by atoms with Crippen LogP contribution in [-0.4, -0.2) is 42.6 Å². The van der Waals surface area contributed by atoms with Gasteiger partial charge in [-0.25, -0.2) is 0 Å². The predicted molar refractivity (Wildman–Crippen MR) is 49.4 cm³/mol. The maximum absolute atomic E-state index is 11.4. The zero-order valence-corrected chi connectivity index (χ0v) is 8.16. The molecule has 1 atom stereocenters. The Bertz CT molecular complexity index is 252. The molecule has 0 bridgehead atoms. The lowest BCUT2D eigenvalue weighted by Crippen LogP contribution is -2.38. The van der Waals surface area contributed by atoms with Crippen molar-refractivity contribution in [3.8, 4) is 0 Å². The fraction of sp³-hybridized carbons (Fsp3) is 0.667. The van der Waals surface area contributed by atoms with E-state index in [2.05, 4.69) is 5.32 Å². The number of nitrogens with one attached hydrogen (secondary N) is 1. The molecule has 5 nitrogen and oxygen atoms in total. The highest BCUT2D eigenvalue weighted by atomic mass is 16.2. The molecule has 0 saturated carbocycles. The summed E-state index contributed by atoms with van der Waals surface area (Å²) in [7, 11) is 0. The van der Waals surface area contributed by atoms with Gasteiger partial charge in [-0.2, -0.15) is 0 Å². The van der Waals surface area contributed by atoms with Gasteiger partial charge in [-0.05, 0) is 0 Å². The maximum Gasteiger partial charge on any atom is 0.239 e. The molecule has 1 aliphatic rings. The minimum atomic E-state index is -0.218. The van der Waals surface area contributed by atoms with Gasteiger partial charge in [0.1, 0.15) is 6.29 Å². The van der Waals surface area contributed by atoms with Crippen molar-refractivity contribution in [2.24, 2.45) is 5.92 Å². The molecule has 0 aromatic carbocycles. The van der Waals surface area contributed by atoms with Crippen molar-refractivity contribution in [3.05, 3.63) is 0 Å². The smallest absolute Gasteiger partial charge is 0.239 e. The normalized spacial score (nSPS) is 19.9. The standard InChI is InChI=1S/C9H14N2O3/c1-7(6-12)4-11-5-8(13)10-3-2-9(11)14/h6-7H,2-5H2,1H3,(H,10,13). The summed E-state index contributed by atoms with van der Waals surface area (Å²) in [5.41, 5.74) is 0. The monoisotopic (exact) mass is 198 g/mol. The largest absolute Gasteiger partial charge is 0.354 e. The second kappa shape index (κ2) is 4.74. The summed E-state index contributed by atoms with van der Waals surface area (Å²) in [6.45, 7) is 2.51. The van der Waals surface area contributed by atoms with E-state index in [0.717, 1.165) is 6.29 Å². The molecular weight excluding hydrogens is 184 g/mol. The lowest BCUT2D eigenvalue weighted by Gasteiger charge is -2.20. The molecule has 1 heterocycles. The second-order valence-electron chi connectivity index (χ2n) is 3.49. The molecule has 5 heteroatoms. The summed E-state index contributed by atoms with van der Waals surface area (Å²) in [4.78, 5) is 34.4. The van der Waals surface area contributed by atoms with Crippen molar-refractivity contribution in [1.82, 2.24) is 10.2 Å². The average molecular weight is 198 g/mol. The molecule has 14 heavy (non-hydrogen) atoms. The van der Waals surface area contributed by atoms with Crippen LogP contribution in [0.15, 0.2) is 0 Å². The first kappa shape index (κ1) is 10.7. The lowest BCUT2D eigenvalue weighted by molar-refractivity contribution is -0.134. The molecular formula is C9H14N2O3. The molecule has 1 aliphatic heterocycles. The van der Waals surface area contributed by atoms with E-state index in [9.17, 15) is 14.4 Å². The van der Waals surface area contributed by atoms with Crippen LogP contribution in [0.4, 0.5) is 0 Å². The number of carbonyl (C=O) groups excluding carboxylic acids is 3. The van der Waals surface area contributed by atoms with Gasteiger partial charge in [-0.1, -0.05) is 6.92 Å². The van der Waals surface area contributed by atoms with Crippen molar-refractivity contribution in [2.75, 3.05) is 19.6 Å². The number of nitrogens with zero attached hydrogens (tertiary/aromatic N) is 1. The van der Waals surface area contributed by atoms with Crippen LogP contribution in [0.5, 0.6) is 0 Å². The molecule has 0 radical (unpaired) electrons.